The second-order valence-electron chi connectivity index (χ2n) is 15.1. The van der Waals surface area contributed by atoms with Gasteiger partial charge in [0.1, 0.15) is 20.3 Å². The molecule has 0 rings (SSSR count). The average Bonchev–Trinajstić information content (AvgIpc) is 2.98. The first-order chi connectivity index (χ1) is 22.4. The Morgan fingerprint density at radius 2 is 1.02 bits per heavy atom. The fourth-order valence-corrected chi connectivity index (χ4v) is 2.02. The van der Waals surface area contributed by atoms with Crippen LogP contribution >= 0.6 is 0 Å². The maximum absolute atomic E-state index is 2.25. The molecule has 0 unspecified atom stereocenters. The van der Waals surface area contributed by atoms with Crippen LogP contribution in [0.15, 0.2) is 35.5 Å². The SMILES string of the molecule is C.C/C=C(/C)CC.C/C=C\C(C)C.CC(C)C.CC=[N+](C)C.CCC(C)C.CCC=C(C)C.CCCC(C)C.CCCN(C)C.CCN(C)C. The highest BCUT2D eigenvalue weighted by atomic mass is 15.0. The molecule has 0 N–H and O–H groups in total. The Morgan fingerprint density at radius 3 is 1.02 bits per heavy atom. The van der Waals surface area contributed by atoms with E-state index in [1.54, 1.807) is 0 Å². The van der Waals surface area contributed by atoms with Crippen molar-refractivity contribution in [2.75, 3.05) is 55.4 Å². The van der Waals surface area contributed by atoms with Crippen LogP contribution in [0.3, 0.4) is 0 Å². The number of nitrogens with zero attached hydrogens (tertiary/aromatic N) is 3. The van der Waals surface area contributed by atoms with E-state index in [1.165, 1.54) is 56.2 Å². The highest BCUT2D eigenvalue weighted by Gasteiger charge is 1.85. The van der Waals surface area contributed by atoms with E-state index in [0.717, 1.165) is 30.2 Å². The molecule has 0 spiro atoms. The van der Waals surface area contributed by atoms with Crippen molar-refractivity contribution in [1.29, 1.82) is 0 Å². The van der Waals surface area contributed by atoms with E-state index in [1.807, 2.05) is 38.7 Å². The zero-order chi connectivity index (χ0) is 41.4. The summed E-state index contributed by atoms with van der Waals surface area (Å²) in [5.74, 6) is 3.33. The molecule has 0 aliphatic rings. The largest absolute Gasteiger partial charge is 0.310 e. The molecule has 0 saturated heterocycles. The predicted octanol–water partition coefficient (Wildman–Crippen LogP) is 15.6. The molecule has 0 fully saturated rings. The van der Waals surface area contributed by atoms with Gasteiger partial charge >= 0.3 is 0 Å². The third-order valence-corrected chi connectivity index (χ3v) is 5.74. The van der Waals surface area contributed by atoms with E-state index in [2.05, 4.69) is 194 Å². The fourth-order valence-electron chi connectivity index (χ4n) is 2.02. The van der Waals surface area contributed by atoms with Gasteiger partial charge < -0.3 is 9.80 Å². The van der Waals surface area contributed by atoms with E-state index >= 15 is 0 Å². The lowest BCUT2D eigenvalue weighted by atomic mass is 10.1. The molecular formula is C47H110N3+. The summed E-state index contributed by atoms with van der Waals surface area (Å²) in [6.07, 6.45) is 18.2. The van der Waals surface area contributed by atoms with Crippen molar-refractivity contribution in [2.24, 2.45) is 23.7 Å². The minimum Gasteiger partial charge on any atom is -0.310 e. The van der Waals surface area contributed by atoms with Crippen molar-refractivity contribution < 1.29 is 4.58 Å². The van der Waals surface area contributed by atoms with Crippen LogP contribution in [-0.4, -0.2) is 76.0 Å². The molecule has 50 heavy (non-hydrogen) atoms. The lowest BCUT2D eigenvalue weighted by molar-refractivity contribution is -0.459. The summed E-state index contributed by atoms with van der Waals surface area (Å²) in [6, 6.07) is 0. The minimum absolute atomic E-state index is 0. The first-order valence-corrected chi connectivity index (χ1v) is 20.1. The smallest absolute Gasteiger partial charge is 0.136 e. The summed E-state index contributed by atoms with van der Waals surface area (Å²) >= 11 is 0. The third kappa shape index (κ3) is 227. The number of hydrogen-bond donors (Lipinski definition) is 0. The van der Waals surface area contributed by atoms with E-state index in [4.69, 9.17) is 0 Å². The Balaban J connectivity index is -0.0000000450. The van der Waals surface area contributed by atoms with Crippen molar-refractivity contribution in [1.82, 2.24) is 9.80 Å². The first kappa shape index (κ1) is 74.1. The summed E-state index contributed by atoms with van der Waals surface area (Å²) in [5, 5.41) is 0. The molecule has 0 bridgehead atoms. The van der Waals surface area contributed by atoms with Gasteiger partial charge in [0.2, 0.25) is 0 Å². The molecule has 312 valence electrons. The number of rotatable bonds is 9. The molecule has 0 saturated carbocycles. The molecular weight excluding hydrogens is 607 g/mol. The lowest BCUT2D eigenvalue weighted by Gasteiger charge is -2.03. The van der Waals surface area contributed by atoms with Gasteiger partial charge in [-0.3, -0.25) is 0 Å². The first-order valence-electron chi connectivity index (χ1n) is 20.1. The monoisotopic (exact) mass is 717 g/mol. The molecule has 0 atom stereocenters. The highest BCUT2D eigenvalue weighted by Crippen LogP contribution is 2.00. The fraction of sp³-hybridized carbons (Fsp3) is 0.851. The summed E-state index contributed by atoms with van der Waals surface area (Å²) in [5.41, 5.74) is 2.88. The zero-order valence-electron chi connectivity index (χ0n) is 40.2. The van der Waals surface area contributed by atoms with Crippen LogP contribution in [-0.2, 0) is 0 Å². The second kappa shape index (κ2) is 69.6. The summed E-state index contributed by atoms with van der Waals surface area (Å²) in [4.78, 5) is 4.31. The Hall–Kier alpha value is -1.19. The van der Waals surface area contributed by atoms with Crippen LogP contribution < -0.4 is 0 Å². The van der Waals surface area contributed by atoms with Gasteiger partial charge in [0.25, 0.3) is 0 Å². The topological polar surface area (TPSA) is 9.49 Å². The Kier molecular flexibility index (Phi) is 103. The van der Waals surface area contributed by atoms with E-state index in [-0.39, 0.29) is 7.43 Å². The van der Waals surface area contributed by atoms with Crippen LogP contribution in [0.2, 0.25) is 0 Å². The van der Waals surface area contributed by atoms with Gasteiger partial charge in [0.05, 0.1) is 0 Å². The lowest BCUT2D eigenvalue weighted by Crippen LogP contribution is -2.11. The van der Waals surface area contributed by atoms with Crippen molar-refractivity contribution in [2.45, 2.75) is 191 Å². The van der Waals surface area contributed by atoms with Gasteiger partial charge in [-0.15, -0.1) is 0 Å². The van der Waals surface area contributed by atoms with Gasteiger partial charge in [-0.25, -0.2) is 4.58 Å². The molecule has 0 aliphatic heterocycles. The molecule has 0 heterocycles. The summed E-state index contributed by atoms with van der Waals surface area (Å²) in [7, 11) is 12.3. The zero-order valence-corrected chi connectivity index (χ0v) is 40.2. The van der Waals surface area contributed by atoms with Crippen LogP contribution in [0, 0.1) is 23.7 Å². The maximum atomic E-state index is 2.25. The van der Waals surface area contributed by atoms with Crippen molar-refractivity contribution in [3.8, 4) is 0 Å². The minimum atomic E-state index is 0. The number of allylic oxidation sites excluding steroid dienone is 6. The normalized spacial score (nSPS) is 9.50. The maximum Gasteiger partial charge on any atom is 0.136 e. The Morgan fingerprint density at radius 1 is 0.660 bits per heavy atom. The Labute approximate surface area is 325 Å². The van der Waals surface area contributed by atoms with Crippen LogP contribution in [0.5, 0.6) is 0 Å². The van der Waals surface area contributed by atoms with Gasteiger partial charge in [0.15, 0.2) is 0 Å². The Bertz CT molecular complexity index is 590. The van der Waals surface area contributed by atoms with E-state index in [9.17, 15) is 0 Å². The molecule has 0 radical (unpaired) electrons. The molecule has 3 heteroatoms. The molecule has 0 aromatic rings. The molecule has 0 aromatic heterocycles. The second-order valence-corrected chi connectivity index (χ2v) is 15.1. The molecule has 0 aromatic carbocycles. The number of hydrogen-bond acceptors (Lipinski definition) is 2. The standard InChI is InChI=1S/C6H14.3C6H12.C5H13N.C5H12.C4H11N.C4H10N.C4H10.CH4/c3*1-4-5-6(2)3;1-4-6(3)5-2;1-4-5-6(2)3;3*1-4-5(2)3;1-4(2)3;/h6H,4-5H2,1-3H3;5H,4H2,1-3H3;4-6H,1-3H3;4H,5H2,1-3H3;4-5H2,1-3H3;5H,4H2,1-3H3;4H2,1-3H3;4H,1-3H3;4H,1-3H3;1H4/q;;;;;;;+1;;/b;;5-4-;6-4-;;;;;;. The van der Waals surface area contributed by atoms with Gasteiger partial charge in [-0.2, -0.15) is 0 Å². The van der Waals surface area contributed by atoms with E-state index in [0.29, 0.717) is 0 Å². The summed E-state index contributed by atoms with van der Waals surface area (Å²) in [6.45, 7) is 47.6. The van der Waals surface area contributed by atoms with Gasteiger partial charge in [-0.05, 0) is 119 Å². The van der Waals surface area contributed by atoms with E-state index < -0.39 is 0 Å². The highest BCUT2D eigenvalue weighted by molar-refractivity contribution is 5.46. The van der Waals surface area contributed by atoms with Crippen LogP contribution in [0.1, 0.15) is 191 Å². The quantitative estimate of drug-likeness (QED) is 0.133. The van der Waals surface area contributed by atoms with Crippen LogP contribution in [0.25, 0.3) is 0 Å². The molecule has 0 amide bonds. The van der Waals surface area contributed by atoms with Crippen molar-refractivity contribution in [3.63, 3.8) is 0 Å². The van der Waals surface area contributed by atoms with Crippen LogP contribution in [0.4, 0.5) is 0 Å². The van der Waals surface area contributed by atoms with Gasteiger partial charge in [-0.1, -0.05) is 166 Å². The predicted molar refractivity (Wildman–Crippen MR) is 248 cm³/mol. The molecule has 3 nitrogen and oxygen atoms in total. The summed E-state index contributed by atoms with van der Waals surface area (Å²) < 4.78 is 2.00. The van der Waals surface area contributed by atoms with Crippen molar-refractivity contribution in [3.05, 3.63) is 35.5 Å². The average molecular weight is 717 g/mol. The van der Waals surface area contributed by atoms with Crippen molar-refractivity contribution >= 4 is 6.21 Å². The molecule has 0 aliphatic carbocycles. The third-order valence-electron chi connectivity index (χ3n) is 5.74. The van der Waals surface area contributed by atoms with Gasteiger partial charge in [0, 0.05) is 6.92 Å².